The summed E-state index contributed by atoms with van der Waals surface area (Å²) in [5.41, 5.74) is 0. The maximum Gasteiger partial charge on any atom is 0.0716 e. The number of methoxy groups -OCH3 is 1. The molecule has 0 spiro atoms. The SMILES string of the molecule is COCCN(C(C)C)C(C)CC1CCC(CN(SC)C(C)C)O1. The Kier molecular flexibility index (Phi) is 10.1. The highest BCUT2D eigenvalue weighted by Gasteiger charge is 2.30. The number of hydrogen-bond donors (Lipinski definition) is 0. The minimum absolute atomic E-state index is 0.397. The zero-order valence-corrected chi connectivity index (χ0v) is 17.1. The molecule has 4 nitrogen and oxygen atoms in total. The van der Waals surface area contributed by atoms with E-state index in [4.69, 9.17) is 9.47 Å². The predicted octanol–water partition coefficient (Wildman–Crippen LogP) is 3.66. The summed E-state index contributed by atoms with van der Waals surface area (Å²) >= 11 is 1.83. The molecule has 23 heavy (non-hydrogen) atoms. The number of ether oxygens (including phenoxy) is 2. The largest absolute Gasteiger partial charge is 0.383 e. The van der Waals surface area contributed by atoms with E-state index in [1.54, 1.807) is 7.11 Å². The van der Waals surface area contributed by atoms with E-state index in [9.17, 15) is 0 Å². The number of hydrogen-bond acceptors (Lipinski definition) is 5. The molecule has 1 aliphatic heterocycles. The molecule has 1 heterocycles. The van der Waals surface area contributed by atoms with E-state index in [-0.39, 0.29) is 0 Å². The average Bonchev–Trinajstić information content (AvgIpc) is 2.91. The fraction of sp³-hybridized carbons (Fsp3) is 1.00. The van der Waals surface area contributed by atoms with E-state index in [1.807, 2.05) is 11.9 Å². The minimum Gasteiger partial charge on any atom is -0.383 e. The molecular weight excluding hydrogens is 308 g/mol. The molecule has 0 aromatic heterocycles. The van der Waals surface area contributed by atoms with Gasteiger partial charge in [-0.1, -0.05) is 11.9 Å². The molecule has 0 aromatic rings. The predicted molar refractivity (Wildman–Crippen MR) is 101 cm³/mol. The van der Waals surface area contributed by atoms with Gasteiger partial charge in [-0.25, -0.2) is 4.31 Å². The van der Waals surface area contributed by atoms with Crippen molar-refractivity contribution in [2.75, 3.05) is 33.1 Å². The van der Waals surface area contributed by atoms with Crippen LogP contribution in [0.1, 0.15) is 53.9 Å². The first-order chi connectivity index (χ1) is 10.9. The molecule has 1 rings (SSSR count). The van der Waals surface area contributed by atoms with Crippen LogP contribution in [0.3, 0.4) is 0 Å². The lowest BCUT2D eigenvalue weighted by Crippen LogP contribution is -2.42. The lowest BCUT2D eigenvalue weighted by Gasteiger charge is -2.34. The van der Waals surface area contributed by atoms with Crippen molar-refractivity contribution >= 4 is 11.9 Å². The summed E-state index contributed by atoms with van der Waals surface area (Å²) in [4.78, 5) is 2.53. The molecule has 0 radical (unpaired) electrons. The Balaban J connectivity index is 2.43. The first kappa shape index (κ1) is 21.2. The van der Waals surface area contributed by atoms with Crippen molar-refractivity contribution in [1.82, 2.24) is 9.21 Å². The highest BCUT2D eigenvalue weighted by atomic mass is 32.2. The summed E-state index contributed by atoms with van der Waals surface area (Å²) in [7, 11) is 1.78. The van der Waals surface area contributed by atoms with Crippen molar-refractivity contribution in [3.05, 3.63) is 0 Å². The van der Waals surface area contributed by atoms with E-state index >= 15 is 0 Å². The standard InChI is InChI=1S/C18H38N2O2S/c1-14(2)19(10-11-21-6)16(5)12-17-8-9-18(22-17)13-20(23-7)15(3)4/h14-18H,8-13H2,1-7H3. The van der Waals surface area contributed by atoms with Crippen molar-refractivity contribution in [2.24, 2.45) is 0 Å². The Morgan fingerprint density at radius 2 is 1.74 bits per heavy atom. The molecule has 0 aliphatic carbocycles. The zero-order valence-electron chi connectivity index (χ0n) is 16.2. The van der Waals surface area contributed by atoms with Crippen LogP contribution in [0.4, 0.5) is 0 Å². The van der Waals surface area contributed by atoms with E-state index < -0.39 is 0 Å². The van der Waals surface area contributed by atoms with Crippen molar-refractivity contribution in [3.63, 3.8) is 0 Å². The second kappa shape index (κ2) is 10.9. The smallest absolute Gasteiger partial charge is 0.0716 e. The topological polar surface area (TPSA) is 24.9 Å². The van der Waals surface area contributed by atoms with Gasteiger partial charge in [-0.15, -0.1) is 0 Å². The third-order valence-corrected chi connectivity index (χ3v) is 5.82. The molecular formula is C18H38N2O2S. The van der Waals surface area contributed by atoms with E-state index in [0.717, 1.165) is 26.1 Å². The zero-order chi connectivity index (χ0) is 17.4. The summed E-state index contributed by atoms with van der Waals surface area (Å²) in [5.74, 6) is 0. The lowest BCUT2D eigenvalue weighted by molar-refractivity contribution is 0.00820. The van der Waals surface area contributed by atoms with Crippen LogP contribution >= 0.6 is 11.9 Å². The second-order valence-electron chi connectivity index (χ2n) is 7.24. The molecule has 0 aromatic carbocycles. The molecule has 1 aliphatic rings. The lowest BCUT2D eigenvalue weighted by atomic mass is 10.0. The normalized spacial score (nSPS) is 23.6. The molecule has 5 heteroatoms. The summed E-state index contributed by atoms with van der Waals surface area (Å²) in [6.45, 7) is 14.2. The van der Waals surface area contributed by atoms with E-state index in [0.29, 0.717) is 30.3 Å². The third kappa shape index (κ3) is 7.30. The summed E-state index contributed by atoms with van der Waals surface area (Å²) < 4.78 is 14.0. The van der Waals surface area contributed by atoms with Gasteiger partial charge in [0.05, 0.1) is 18.8 Å². The first-order valence-electron chi connectivity index (χ1n) is 9.09. The Labute approximate surface area is 148 Å². The second-order valence-corrected chi connectivity index (χ2v) is 8.08. The fourth-order valence-electron chi connectivity index (χ4n) is 3.48. The van der Waals surface area contributed by atoms with Crippen LogP contribution in [0.25, 0.3) is 0 Å². The number of rotatable bonds is 11. The molecule has 3 unspecified atom stereocenters. The molecule has 138 valence electrons. The van der Waals surface area contributed by atoms with Gasteiger partial charge in [0.1, 0.15) is 0 Å². The van der Waals surface area contributed by atoms with Crippen LogP contribution in [-0.2, 0) is 9.47 Å². The quantitative estimate of drug-likeness (QED) is 0.532. The maximum absolute atomic E-state index is 6.34. The van der Waals surface area contributed by atoms with E-state index in [1.165, 1.54) is 12.8 Å². The molecule has 0 saturated carbocycles. The molecule has 1 saturated heterocycles. The summed E-state index contributed by atoms with van der Waals surface area (Å²) in [6.07, 6.45) is 6.49. The van der Waals surface area contributed by atoms with Gasteiger partial charge in [0.25, 0.3) is 0 Å². The highest BCUT2D eigenvalue weighted by Crippen LogP contribution is 2.27. The minimum atomic E-state index is 0.397. The molecule has 3 atom stereocenters. The van der Waals surface area contributed by atoms with Gasteiger partial charge < -0.3 is 9.47 Å². The van der Waals surface area contributed by atoms with Crippen LogP contribution in [-0.4, -0.2) is 72.6 Å². The van der Waals surface area contributed by atoms with Crippen LogP contribution < -0.4 is 0 Å². The van der Waals surface area contributed by atoms with Gasteiger partial charge in [0, 0.05) is 38.3 Å². The van der Waals surface area contributed by atoms with Crippen LogP contribution in [0, 0.1) is 0 Å². The van der Waals surface area contributed by atoms with Gasteiger partial charge in [-0.2, -0.15) is 0 Å². The maximum atomic E-state index is 6.34. The van der Waals surface area contributed by atoms with Gasteiger partial charge in [-0.05, 0) is 60.1 Å². The van der Waals surface area contributed by atoms with Crippen LogP contribution in [0.5, 0.6) is 0 Å². The monoisotopic (exact) mass is 346 g/mol. The molecule has 1 fully saturated rings. The van der Waals surface area contributed by atoms with Crippen LogP contribution in [0.2, 0.25) is 0 Å². The van der Waals surface area contributed by atoms with Crippen molar-refractivity contribution in [2.45, 2.75) is 84.2 Å². The van der Waals surface area contributed by atoms with Gasteiger partial charge in [-0.3, -0.25) is 4.90 Å². The van der Waals surface area contributed by atoms with E-state index in [2.05, 4.69) is 50.1 Å². The van der Waals surface area contributed by atoms with Crippen molar-refractivity contribution in [3.8, 4) is 0 Å². The molecule has 0 amide bonds. The highest BCUT2D eigenvalue weighted by molar-refractivity contribution is 7.96. The van der Waals surface area contributed by atoms with Gasteiger partial charge >= 0.3 is 0 Å². The van der Waals surface area contributed by atoms with Crippen molar-refractivity contribution in [1.29, 1.82) is 0 Å². The van der Waals surface area contributed by atoms with Gasteiger partial charge in [0.15, 0.2) is 0 Å². The third-order valence-electron chi connectivity index (χ3n) is 4.78. The summed E-state index contributed by atoms with van der Waals surface area (Å²) in [5, 5.41) is 0. The first-order valence-corrected chi connectivity index (χ1v) is 10.3. The molecule has 0 N–H and O–H groups in total. The van der Waals surface area contributed by atoms with Crippen LogP contribution in [0.15, 0.2) is 0 Å². The molecule has 0 bridgehead atoms. The fourth-order valence-corrected chi connectivity index (χ4v) is 4.22. The average molecular weight is 347 g/mol. The van der Waals surface area contributed by atoms with Crippen molar-refractivity contribution < 1.29 is 9.47 Å². The Bertz CT molecular complexity index is 315. The Morgan fingerprint density at radius 1 is 1.09 bits per heavy atom. The summed E-state index contributed by atoms with van der Waals surface area (Å²) in [6, 6.07) is 1.65. The number of nitrogens with zero attached hydrogens (tertiary/aromatic N) is 2. The Morgan fingerprint density at radius 3 is 2.26 bits per heavy atom. The Hall–Kier alpha value is 0.190. The van der Waals surface area contributed by atoms with Gasteiger partial charge in [0.2, 0.25) is 0 Å².